The molecule has 0 saturated heterocycles. The highest BCUT2D eigenvalue weighted by Crippen LogP contribution is 2.38. The fourth-order valence-corrected chi connectivity index (χ4v) is 2.39. The summed E-state index contributed by atoms with van der Waals surface area (Å²) in [4.78, 5) is 16.0. The van der Waals surface area contributed by atoms with E-state index >= 15 is 0 Å². The smallest absolute Gasteiger partial charge is 0.314 e. The zero-order valence-corrected chi connectivity index (χ0v) is 12.5. The van der Waals surface area contributed by atoms with Crippen LogP contribution in [-0.2, 0) is 4.79 Å². The van der Waals surface area contributed by atoms with Gasteiger partial charge >= 0.3 is 5.84 Å². The fourth-order valence-electron chi connectivity index (χ4n) is 2.39. The molecule has 0 bridgehead atoms. The van der Waals surface area contributed by atoms with Gasteiger partial charge in [0, 0.05) is 0 Å². The SMILES string of the molecule is NNC(=O)CC1=Nc2ccccc2[N+]1=Cc1ccc(O)c(O)c1O. The third-order valence-corrected chi connectivity index (χ3v) is 3.58. The lowest BCUT2D eigenvalue weighted by molar-refractivity contribution is -0.296. The standard InChI is InChI=1S/C16H14N4O4/c17-19-14(22)7-13-18-10-3-1-2-4-11(10)20(13)8-9-5-6-12(21)16(24)15(9)23/h1-6,8H,7,17H2,(H3,19,21,22,23,24)/p+1. The summed E-state index contributed by atoms with van der Waals surface area (Å²) in [5.41, 5.74) is 3.68. The first-order valence-electron chi connectivity index (χ1n) is 7.05. The van der Waals surface area contributed by atoms with E-state index in [9.17, 15) is 20.1 Å². The average Bonchev–Trinajstić information content (AvgIpc) is 2.92. The molecular formula is C16H15N4O4+. The van der Waals surface area contributed by atoms with Crippen molar-refractivity contribution in [2.24, 2.45) is 10.8 Å². The zero-order chi connectivity index (χ0) is 17.3. The van der Waals surface area contributed by atoms with Crippen molar-refractivity contribution in [3.05, 3.63) is 42.0 Å². The lowest BCUT2D eigenvalue weighted by atomic mass is 10.1. The van der Waals surface area contributed by atoms with Gasteiger partial charge in [0.25, 0.3) is 0 Å². The number of benzene rings is 2. The molecule has 8 heteroatoms. The highest BCUT2D eigenvalue weighted by atomic mass is 16.3. The molecule has 2 aromatic rings. The molecule has 8 nitrogen and oxygen atoms in total. The van der Waals surface area contributed by atoms with Crippen LogP contribution in [0.5, 0.6) is 17.2 Å². The van der Waals surface area contributed by atoms with Gasteiger partial charge in [-0.1, -0.05) is 12.1 Å². The normalized spacial score (nSPS) is 14.4. The summed E-state index contributed by atoms with van der Waals surface area (Å²) in [6.07, 6.45) is 1.45. The summed E-state index contributed by atoms with van der Waals surface area (Å²) in [6, 6.07) is 9.92. The van der Waals surface area contributed by atoms with Gasteiger partial charge in [0.2, 0.25) is 17.3 Å². The van der Waals surface area contributed by atoms with Crippen molar-refractivity contribution in [1.82, 2.24) is 5.43 Å². The molecule has 1 aliphatic heterocycles. The molecule has 0 unspecified atom stereocenters. The molecule has 2 aromatic carbocycles. The van der Waals surface area contributed by atoms with Crippen molar-refractivity contribution >= 4 is 29.3 Å². The Morgan fingerprint density at radius 2 is 1.92 bits per heavy atom. The number of nitrogens with zero attached hydrogens (tertiary/aromatic N) is 2. The number of para-hydroxylation sites is 2. The van der Waals surface area contributed by atoms with E-state index < -0.39 is 23.2 Å². The molecule has 0 aromatic heterocycles. The summed E-state index contributed by atoms with van der Waals surface area (Å²) in [6.45, 7) is 0. The van der Waals surface area contributed by atoms with Crippen molar-refractivity contribution in [1.29, 1.82) is 0 Å². The van der Waals surface area contributed by atoms with E-state index in [1.54, 1.807) is 16.7 Å². The van der Waals surface area contributed by atoms with E-state index in [1.165, 1.54) is 18.3 Å². The van der Waals surface area contributed by atoms with E-state index in [4.69, 9.17) is 5.84 Å². The van der Waals surface area contributed by atoms with E-state index in [0.29, 0.717) is 17.2 Å². The Balaban J connectivity index is 2.11. The van der Waals surface area contributed by atoms with Crippen LogP contribution in [0.25, 0.3) is 0 Å². The largest absolute Gasteiger partial charge is 0.504 e. The number of fused-ring (bicyclic) bond motifs is 1. The van der Waals surface area contributed by atoms with E-state index in [2.05, 4.69) is 4.99 Å². The van der Waals surface area contributed by atoms with Crippen LogP contribution in [0, 0.1) is 0 Å². The number of amidine groups is 1. The lowest BCUT2D eigenvalue weighted by Gasteiger charge is -2.05. The van der Waals surface area contributed by atoms with Gasteiger partial charge in [-0.25, -0.2) is 5.84 Å². The first-order chi connectivity index (χ1) is 11.5. The summed E-state index contributed by atoms with van der Waals surface area (Å²) in [5, 5.41) is 29.1. The number of hydrogen-bond donors (Lipinski definition) is 5. The Bertz CT molecular complexity index is 890. The van der Waals surface area contributed by atoms with Crippen LogP contribution in [0.15, 0.2) is 41.4 Å². The predicted octanol–water partition coefficient (Wildman–Crippen LogP) is 0.990. The lowest BCUT2D eigenvalue weighted by Crippen LogP contribution is -2.33. The molecule has 0 atom stereocenters. The fraction of sp³-hybridized carbons (Fsp3) is 0.0625. The van der Waals surface area contributed by atoms with Crippen LogP contribution >= 0.6 is 0 Å². The van der Waals surface area contributed by atoms with Crippen LogP contribution in [0.1, 0.15) is 12.0 Å². The topological polar surface area (TPSA) is 131 Å². The number of nitrogens with two attached hydrogens (primary N) is 1. The van der Waals surface area contributed by atoms with Gasteiger partial charge in [0.05, 0.1) is 5.56 Å². The molecular weight excluding hydrogens is 312 g/mol. The number of nitrogens with one attached hydrogen (secondary N) is 1. The van der Waals surface area contributed by atoms with E-state index in [-0.39, 0.29) is 12.0 Å². The number of phenolic OH excluding ortho intramolecular Hbond substituents is 3. The van der Waals surface area contributed by atoms with Gasteiger partial charge < -0.3 is 15.3 Å². The maximum absolute atomic E-state index is 11.6. The number of aliphatic imine (C=N–C) groups is 1. The van der Waals surface area contributed by atoms with Gasteiger partial charge in [-0.3, -0.25) is 10.2 Å². The quantitative estimate of drug-likeness (QED) is 0.189. The number of phenols is 3. The highest BCUT2D eigenvalue weighted by molar-refractivity contribution is 6.02. The molecule has 0 radical (unpaired) electrons. The monoisotopic (exact) mass is 327 g/mol. The van der Waals surface area contributed by atoms with Crippen LogP contribution in [0.3, 0.4) is 0 Å². The molecule has 0 spiro atoms. The number of carbonyl (C=O) groups is 1. The van der Waals surface area contributed by atoms with Crippen LogP contribution < -0.4 is 11.3 Å². The van der Waals surface area contributed by atoms with Crippen molar-refractivity contribution < 1.29 is 24.7 Å². The minimum absolute atomic E-state index is 0.0630. The zero-order valence-electron chi connectivity index (χ0n) is 12.5. The Labute approximate surface area is 136 Å². The molecule has 3 rings (SSSR count). The Hall–Kier alpha value is -3.39. The summed E-state index contributed by atoms with van der Waals surface area (Å²) >= 11 is 0. The maximum Gasteiger partial charge on any atom is 0.314 e. The molecule has 1 aliphatic rings. The Morgan fingerprint density at radius 1 is 1.17 bits per heavy atom. The van der Waals surface area contributed by atoms with Crippen molar-refractivity contribution in [2.75, 3.05) is 0 Å². The van der Waals surface area contributed by atoms with Gasteiger partial charge in [0.1, 0.15) is 12.6 Å². The number of hydrogen-bond acceptors (Lipinski definition) is 6. The molecule has 24 heavy (non-hydrogen) atoms. The predicted molar refractivity (Wildman–Crippen MR) is 87.0 cm³/mol. The highest BCUT2D eigenvalue weighted by Gasteiger charge is 2.31. The van der Waals surface area contributed by atoms with Crippen LogP contribution in [0.4, 0.5) is 11.4 Å². The van der Waals surface area contributed by atoms with Crippen LogP contribution in [-0.4, -0.2) is 37.9 Å². The summed E-state index contributed by atoms with van der Waals surface area (Å²) in [5.74, 6) is 3.60. The van der Waals surface area contributed by atoms with Crippen LogP contribution in [0.2, 0.25) is 0 Å². The summed E-state index contributed by atoms with van der Waals surface area (Å²) < 4.78 is 1.62. The van der Waals surface area contributed by atoms with Gasteiger partial charge in [-0.2, -0.15) is 4.58 Å². The number of carbonyl (C=O) groups excluding carboxylic acids is 1. The van der Waals surface area contributed by atoms with Crippen molar-refractivity contribution in [3.8, 4) is 17.2 Å². The number of amides is 1. The molecule has 0 fully saturated rings. The minimum atomic E-state index is -0.616. The second-order valence-electron chi connectivity index (χ2n) is 5.13. The summed E-state index contributed by atoms with van der Waals surface area (Å²) in [7, 11) is 0. The second kappa shape index (κ2) is 6.01. The third-order valence-electron chi connectivity index (χ3n) is 3.58. The molecule has 0 aliphatic carbocycles. The van der Waals surface area contributed by atoms with Crippen molar-refractivity contribution in [2.45, 2.75) is 6.42 Å². The second-order valence-corrected chi connectivity index (χ2v) is 5.13. The molecule has 1 amide bonds. The van der Waals surface area contributed by atoms with Gasteiger partial charge in [-0.05, 0) is 29.3 Å². The Morgan fingerprint density at radius 3 is 2.67 bits per heavy atom. The number of hydrazine groups is 1. The first kappa shape index (κ1) is 15.5. The average molecular weight is 327 g/mol. The number of aromatic hydroxyl groups is 3. The molecule has 1 heterocycles. The van der Waals surface area contributed by atoms with Gasteiger partial charge in [-0.15, -0.1) is 0 Å². The third kappa shape index (κ3) is 2.66. The molecule has 0 saturated carbocycles. The van der Waals surface area contributed by atoms with E-state index in [0.717, 1.165) is 0 Å². The molecule has 6 N–H and O–H groups in total. The first-order valence-corrected chi connectivity index (χ1v) is 7.05. The van der Waals surface area contributed by atoms with Gasteiger partial charge in [0.15, 0.2) is 17.2 Å². The minimum Gasteiger partial charge on any atom is -0.504 e. The number of rotatable bonds is 3. The maximum atomic E-state index is 11.6. The Kier molecular flexibility index (Phi) is 3.88. The van der Waals surface area contributed by atoms with Crippen molar-refractivity contribution in [3.63, 3.8) is 0 Å². The molecule has 122 valence electrons. The van der Waals surface area contributed by atoms with E-state index in [1.807, 2.05) is 17.6 Å².